The molecule has 25 heavy (non-hydrogen) atoms. The first-order chi connectivity index (χ1) is 12.1. The normalized spacial score (nSPS) is 13.7. The second-order valence-corrected chi connectivity index (χ2v) is 6.91. The Bertz CT molecular complexity index is 719. The van der Waals surface area contributed by atoms with Gasteiger partial charge in [-0.1, -0.05) is 31.4 Å². The fraction of sp³-hybridized carbons (Fsp3) is 0.500. The summed E-state index contributed by atoms with van der Waals surface area (Å²) in [5.41, 5.74) is 2.44. The van der Waals surface area contributed by atoms with Gasteiger partial charge in [-0.15, -0.1) is 0 Å². The van der Waals surface area contributed by atoms with Crippen molar-refractivity contribution in [2.24, 2.45) is 13.0 Å². The second-order valence-electron chi connectivity index (χ2n) is 6.91. The van der Waals surface area contributed by atoms with E-state index in [4.69, 9.17) is 4.74 Å². The van der Waals surface area contributed by atoms with Crippen LogP contribution < -0.4 is 10.1 Å². The third kappa shape index (κ3) is 5.34. The molecule has 1 aliphatic carbocycles. The van der Waals surface area contributed by atoms with Crippen LogP contribution in [0, 0.1) is 12.8 Å². The zero-order valence-corrected chi connectivity index (χ0v) is 15.1. The zero-order valence-electron chi connectivity index (χ0n) is 15.1. The van der Waals surface area contributed by atoms with Crippen LogP contribution in [0.5, 0.6) is 5.75 Å². The number of carbonyl (C=O) groups excluding carboxylic acids is 1. The van der Waals surface area contributed by atoms with E-state index in [0.29, 0.717) is 12.2 Å². The van der Waals surface area contributed by atoms with Crippen molar-refractivity contribution < 1.29 is 9.53 Å². The molecule has 0 saturated heterocycles. The van der Waals surface area contributed by atoms with Gasteiger partial charge in [0, 0.05) is 13.6 Å². The minimum Gasteiger partial charge on any atom is -0.494 e. The number of ether oxygens (including phenoxy) is 1. The standard InChI is InChI=1S/C20H27N3O2/c1-15-12-19(23(2)22-15)20(24)21-14-17-7-5-8-18(13-17)25-11-4-3-6-16-9-10-16/h5,7-8,12-13,16H,3-4,6,9-11,14H2,1-2H3,(H,21,24). The summed E-state index contributed by atoms with van der Waals surface area (Å²) in [6.07, 6.45) is 6.56. The first kappa shape index (κ1) is 17.5. The van der Waals surface area contributed by atoms with Gasteiger partial charge in [-0.2, -0.15) is 5.10 Å². The van der Waals surface area contributed by atoms with Crippen molar-refractivity contribution in [3.63, 3.8) is 0 Å². The van der Waals surface area contributed by atoms with Gasteiger partial charge >= 0.3 is 0 Å². The molecule has 1 saturated carbocycles. The molecule has 0 atom stereocenters. The summed E-state index contributed by atoms with van der Waals surface area (Å²) < 4.78 is 7.44. The summed E-state index contributed by atoms with van der Waals surface area (Å²) in [6.45, 7) is 3.11. The highest BCUT2D eigenvalue weighted by atomic mass is 16.5. The van der Waals surface area contributed by atoms with E-state index >= 15 is 0 Å². The zero-order chi connectivity index (χ0) is 17.6. The molecule has 0 radical (unpaired) electrons. The van der Waals surface area contributed by atoms with E-state index in [1.54, 1.807) is 17.8 Å². The van der Waals surface area contributed by atoms with Crippen molar-refractivity contribution >= 4 is 5.91 Å². The van der Waals surface area contributed by atoms with Crippen molar-refractivity contribution in [2.75, 3.05) is 6.61 Å². The lowest BCUT2D eigenvalue weighted by atomic mass is 10.2. The molecule has 1 aliphatic rings. The molecule has 0 aliphatic heterocycles. The van der Waals surface area contributed by atoms with Crippen LogP contribution in [0.25, 0.3) is 0 Å². The fourth-order valence-corrected chi connectivity index (χ4v) is 2.97. The third-order valence-corrected chi connectivity index (χ3v) is 4.56. The summed E-state index contributed by atoms with van der Waals surface area (Å²) in [5.74, 6) is 1.75. The largest absolute Gasteiger partial charge is 0.494 e. The van der Waals surface area contributed by atoms with Gasteiger partial charge < -0.3 is 10.1 Å². The molecule has 1 amide bonds. The lowest BCUT2D eigenvalue weighted by Gasteiger charge is -2.09. The van der Waals surface area contributed by atoms with Gasteiger partial charge in [-0.3, -0.25) is 9.48 Å². The minimum absolute atomic E-state index is 0.116. The molecule has 0 bridgehead atoms. The second kappa shape index (κ2) is 8.19. The number of nitrogens with one attached hydrogen (secondary N) is 1. The Morgan fingerprint density at radius 2 is 2.16 bits per heavy atom. The van der Waals surface area contributed by atoms with Gasteiger partial charge in [0.15, 0.2) is 0 Å². The smallest absolute Gasteiger partial charge is 0.269 e. The van der Waals surface area contributed by atoms with Crippen molar-refractivity contribution in [1.82, 2.24) is 15.1 Å². The number of hydrogen-bond acceptors (Lipinski definition) is 3. The first-order valence-corrected chi connectivity index (χ1v) is 9.12. The highest BCUT2D eigenvalue weighted by molar-refractivity contribution is 5.92. The van der Waals surface area contributed by atoms with Gasteiger partial charge in [0.1, 0.15) is 11.4 Å². The summed E-state index contributed by atoms with van der Waals surface area (Å²) >= 11 is 0. The fourth-order valence-electron chi connectivity index (χ4n) is 2.97. The van der Waals surface area contributed by atoms with Crippen LogP contribution in [0.2, 0.25) is 0 Å². The van der Waals surface area contributed by atoms with Crippen LogP contribution in [-0.2, 0) is 13.6 Å². The molecule has 2 aromatic rings. The molecule has 1 heterocycles. The Labute approximate surface area is 149 Å². The van der Waals surface area contributed by atoms with Crippen LogP contribution in [0.15, 0.2) is 30.3 Å². The van der Waals surface area contributed by atoms with Crippen molar-refractivity contribution in [3.05, 3.63) is 47.3 Å². The Kier molecular flexibility index (Phi) is 5.74. The summed E-state index contributed by atoms with van der Waals surface area (Å²) in [5, 5.41) is 7.14. The maximum Gasteiger partial charge on any atom is 0.269 e. The van der Waals surface area contributed by atoms with Crippen LogP contribution in [-0.4, -0.2) is 22.3 Å². The number of rotatable bonds is 9. The molecule has 5 nitrogen and oxygen atoms in total. The van der Waals surface area contributed by atoms with Gasteiger partial charge in [0.05, 0.1) is 12.3 Å². The molecule has 5 heteroatoms. The van der Waals surface area contributed by atoms with E-state index < -0.39 is 0 Å². The van der Waals surface area contributed by atoms with E-state index in [9.17, 15) is 4.79 Å². The molecule has 1 aromatic heterocycles. The maximum atomic E-state index is 12.2. The number of benzene rings is 1. The number of aromatic nitrogens is 2. The maximum absolute atomic E-state index is 12.2. The number of aryl methyl sites for hydroxylation is 2. The van der Waals surface area contributed by atoms with E-state index in [-0.39, 0.29) is 5.91 Å². The van der Waals surface area contributed by atoms with Crippen LogP contribution in [0.3, 0.4) is 0 Å². The Morgan fingerprint density at radius 1 is 1.32 bits per heavy atom. The van der Waals surface area contributed by atoms with Crippen molar-refractivity contribution in [3.8, 4) is 5.75 Å². The van der Waals surface area contributed by atoms with Gasteiger partial charge in [0.2, 0.25) is 0 Å². The van der Waals surface area contributed by atoms with E-state index in [0.717, 1.165) is 36.0 Å². The predicted molar refractivity (Wildman–Crippen MR) is 97.6 cm³/mol. The molecule has 1 N–H and O–H groups in total. The van der Waals surface area contributed by atoms with Crippen LogP contribution >= 0.6 is 0 Å². The van der Waals surface area contributed by atoms with E-state index in [2.05, 4.69) is 10.4 Å². The van der Waals surface area contributed by atoms with Gasteiger partial charge in [0.25, 0.3) is 5.91 Å². The van der Waals surface area contributed by atoms with E-state index in [1.165, 1.54) is 25.7 Å². The molecule has 1 aromatic carbocycles. The number of unbranched alkanes of at least 4 members (excludes halogenated alkanes) is 1. The number of amides is 1. The van der Waals surface area contributed by atoms with Gasteiger partial charge in [-0.05, 0) is 49.4 Å². The Hall–Kier alpha value is -2.30. The first-order valence-electron chi connectivity index (χ1n) is 9.12. The molecule has 0 spiro atoms. The number of carbonyl (C=O) groups is 1. The lowest BCUT2D eigenvalue weighted by molar-refractivity contribution is 0.0941. The topological polar surface area (TPSA) is 56.1 Å². The quantitative estimate of drug-likeness (QED) is 0.709. The minimum atomic E-state index is -0.116. The highest BCUT2D eigenvalue weighted by Crippen LogP contribution is 2.33. The van der Waals surface area contributed by atoms with Crippen LogP contribution in [0.4, 0.5) is 0 Å². The summed E-state index contributed by atoms with van der Waals surface area (Å²) in [4.78, 5) is 12.2. The monoisotopic (exact) mass is 341 g/mol. The summed E-state index contributed by atoms with van der Waals surface area (Å²) in [6, 6.07) is 9.72. The average molecular weight is 341 g/mol. The van der Waals surface area contributed by atoms with Crippen molar-refractivity contribution in [1.29, 1.82) is 0 Å². The molecule has 1 fully saturated rings. The average Bonchev–Trinajstić information content (AvgIpc) is 3.35. The number of hydrogen-bond donors (Lipinski definition) is 1. The molecule has 3 rings (SSSR count). The Balaban J connectivity index is 1.44. The highest BCUT2D eigenvalue weighted by Gasteiger charge is 2.19. The van der Waals surface area contributed by atoms with Gasteiger partial charge in [-0.25, -0.2) is 0 Å². The molecular weight excluding hydrogens is 314 g/mol. The van der Waals surface area contributed by atoms with E-state index in [1.807, 2.05) is 31.2 Å². The third-order valence-electron chi connectivity index (χ3n) is 4.56. The molecular formula is C20H27N3O2. The van der Waals surface area contributed by atoms with Crippen molar-refractivity contribution in [2.45, 2.75) is 45.6 Å². The lowest BCUT2D eigenvalue weighted by Crippen LogP contribution is -2.25. The molecule has 0 unspecified atom stereocenters. The summed E-state index contributed by atoms with van der Waals surface area (Å²) in [7, 11) is 1.78. The molecule has 134 valence electrons. The predicted octanol–water partition coefficient (Wildman–Crippen LogP) is 3.62. The SMILES string of the molecule is Cc1cc(C(=O)NCc2cccc(OCCCCC3CC3)c2)n(C)n1. The Morgan fingerprint density at radius 3 is 2.88 bits per heavy atom. The number of nitrogens with zero attached hydrogens (tertiary/aromatic N) is 2. The van der Waals surface area contributed by atoms with Crippen LogP contribution in [0.1, 0.15) is 53.8 Å².